The van der Waals surface area contributed by atoms with Crippen molar-refractivity contribution >= 4 is 33.2 Å². The largest absolute Gasteiger partial charge is 0.383 e. The molecule has 0 radical (unpaired) electrons. The minimum absolute atomic E-state index is 0.313. The molecule has 0 aromatic heterocycles. The molecule has 0 saturated heterocycles. The first-order chi connectivity index (χ1) is 8.66. The van der Waals surface area contributed by atoms with Crippen LogP contribution < -0.4 is 5.32 Å². The summed E-state index contributed by atoms with van der Waals surface area (Å²) in [4.78, 5) is 0. The summed E-state index contributed by atoms with van der Waals surface area (Å²) in [5, 5.41) is 3.80. The van der Waals surface area contributed by atoms with Crippen LogP contribution in [-0.4, -0.2) is 6.54 Å². The predicted molar refractivity (Wildman–Crippen MR) is 78.8 cm³/mol. The third-order valence-electron chi connectivity index (χ3n) is 3.55. The van der Waals surface area contributed by atoms with Gasteiger partial charge in [-0.05, 0) is 46.8 Å². The van der Waals surface area contributed by atoms with Crippen molar-refractivity contribution in [2.75, 3.05) is 11.9 Å². The van der Waals surface area contributed by atoms with Crippen molar-refractivity contribution in [3.8, 4) is 0 Å². The van der Waals surface area contributed by atoms with Crippen molar-refractivity contribution in [2.45, 2.75) is 38.5 Å². The highest BCUT2D eigenvalue weighted by Gasteiger charge is 2.14. The molecule has 1 aromatic carbocycles. The molecular weight excluding hydrogens is 317 g/mol. The van der Waals surface area contributed by atoms with Gasteiger partial charge in [0.1, 0.15) is 5.82 Å². The lowest BCUT2D eigenvalue weighted by Gasteiger charge is -2.17. The highest BCUT2D eigenvalue weighted by atomic mass is 79.9. The van der Waals surface area contributed by atoms with E-state index in [0.29, 0.717) is 15.4 Å². The molecule has 0 amide bonds. The van der Waals surface area contributed by atoms with Gasteiger partial charge < -0.3 is 5.32 Å². The fourth-order valence-corrected chi connectivity index (χ4v) is 3.48. The number of benzene rings is 1. The normalized spacial score (nSPS) is 17.5. The fraction of sp³-hybridized carbons (Fsp3) is 0.571. The SMILES string of the molecule is Fc1cc(Cl)c(NCC2CCCCCC2)c(Br)c1. The van der Waals surface area contributed by atoms with Gasteiger partial charge in [-0.15, -0.1) is 0 Å². The molecule has 1 saturated carbocycles. The number of hydrogen-bond acceptors (Lipinski definition) is 1. The second-order valence-corrected chi connectivity index (χ2v) is 6.24. The average Bonchev–Trinajstić information content (AvgIpc) is 2.56. The van der Waals surface area contributed by atoms with Crippen LogP contribution in [0.5, 0.6) is 0 Å². The van der Waals surface area contributed by atoms with Crippen molar-refractivity contribution in [1.29, 1.82) is 0 Å². The summed E-state index contributed by atoms with van der Waals surface area (Å²) in [6, 6.07) is 2.79. The van der Waals surface area contributed by atoms with Gasteiger partial charge in [0.15, 0.2) is 0 Å². The quantitative estimate of drug-likeness (QED) is 0.707. The first-order valence-electron chi connectivity index (χ1n) is 6.55. The summed E-state index contributed by atoms with van der Waals surface area (Å²) in [6.07, 6.45) is 7.93. The maximum Gasteiger partial charge on any atom is 0.125 e. The Morgan fingerprint density at radius 1 is 1.22 bits per heavy atom. The molecule has 100 valence electrons. The molecule has 1 nitrogen and oxygen atoms in total. The zero-order chi connectivity index (χ0) is 13.0. The van der Waals surface area contributed by atoms with Crippen molar-refractivity contribution < 1.29 is 4.39 Å². The molecule has 1 N–H and O–H groups in total. The zero-order valence-corrected chi connectivity index (χ0v) is 12.7. The summed E-state index contributed by atoms with van der Waals surface area (Å²) in [6.45, 7) is 0.921. The van der Waals surface area contributed by atoms with Crippen LogP contribution in [0.3, 0.4) is 0 Å². The van der Waals surface area contributed by atoms with E-state index in [1.54, 1.807) is 0 Å². The monoisotopic (exact) mass is 333 g/mol. The molecule has 1 fully saturated rings. The molecule has 0 atom stereocenters. The number of nitrogens with one attached hydrogen (secondary N) is 1. The molecule has 0 unspecified atom stereocenters. The summed E-state index contributed by atoms with van der Waals surface area (Å²) < 4.78 is 13.8. The Morgan fingerprint density at radius 2 is 1.89 bits per heavy atom. The third kappa shape index (κ3) is 3.86. The number of hydrogen-bond donors (Lipinski definition) is 1. The van der Waals surface area contributed by atoms with Crippen LogP contribution in [-0.2, 0) is 0 Å². The van der Waals surface area contributed by atoms with Crippen LogP contribution in [0.1, 0.15) is 38.5 Å². The molecule has 18 heavy (non-hydrogen) atoms. The lowest BCUT2D eigenvalue weighted by Crippen LogP contribution is -2.14. The summed E-state index contributed by atoms with van der Waals surface area (Å²) in [5.41, 5.74) is 0.808. The third-order valence-corrected chi connectivity index (χ3v) is 4.47. The van der Waals surface area contributed by atoms with Crippen LogP contribution in [0.15, 0.2) is 16.6 Å². The minimum atomic E-state index is -0.313. The number of halogens is 3. The summed E-state index contributed by atoms with van der Waals surface area (Å²) >= 11 is 9.40. The van der Waals surface area contributed by atoms with Gasteiger partial charge in [-0.1, -0.05) is 37.3 Å². The van der Waals surface area contributed by atoms with Crippen molar-refractivity contribution in [3.05, 3.63) is 27.4 Å². The standard InChI is InChI=1S/C14H18BrClFN/c15-12-7-11(17)8-13(16)14(12)18-9-10-5-3-1-2-4-6-10/h7-8,10,18H,1-6,9H2. The molecular formula is C14H18BrClFN. The second-order valence-electron chi connectivity index (χ2n) is 4.98. The molecule has 0 aliphatic heterocycles. The highest BCUT2D eigenvalue weighted by molar-refractivity contribution is 9.10. The summed E-state index contributed by atoms with van der Waals surface area (Å²) in [5.74, 6) is 0.396. The van der Waals surface area contributed by atoms with E-state index in [-0.39, 0.29) is 5.82 Å². The molecule has 1 aliphatic rings. The van der Waals surface area contributed by atoms with E-state index < -0.39 is 0 Å². The van der Waals surface area contributed by atoms with Crippen molar-refractivity contribution in [2.24, 2.45) is 5.92 Å². The van der Waals surface area contributed by atoms with Crippen molar-refractivity contribution in [1.82, 2.24) is 0 Å². The highest BCUT2D eigenvalue weighted by Crippen LogP contribution is 2.32. The predicted octanol–water partition coefficient (Wildman–Crippen LogP) is 5.62. The van der Waals surface area contributed by atoms with E-state index >= 15 is 0 Å². The first-order valence-corrected chi connectivity index (χ1v) is 7.72. The Kier molecular flexibility index (Phi) is 5.31. The van der Waals surface area contributed by atoms with Gasteiger partial charge >= 0.3 is 0 Å². The van der Waals surface area contributed by atoms with Gasteiger partial charge in [0.2, 0.25) is 0 Å². The van der Waals surface area contributed by atoms with E-state index in [4.69, 9.17) is 11.6 Å². The van der Waals surface area contributed by atoms with E-state index in [0.717, 1.165) is 12.2 Å². The molecule has 2 rings (SSSR count). The van der Waals surface area contributed by atoms with E-state index in [1.165, 1.54) is 50.7 Å². The lowest BCUT2D eigenvalue weighted by molar-refractivity contribution is 0.483. The van der Waals surface area contributed by atoms with E-state index in [9.17, 15) is 4.39 Å². The van der Waals surface area contributed by atoms with Crippen LogP contribution in [0.4, 0.5) is 10.1 Å². The number of anilines is 1. The van der Waals surface area contributed by atoms with Gasteiger partial charge in [0.05, 0.1) is 10.7 Å². The smallest absolute Gasteiger partial charge is 0.125 e. The van der Waals surface area contributed by atoms with Gasteiger partial charge in [0.25, 0.3) is 0 Å². The average molecular weight is 335 g/mol. The molecule has 1 aliphatic carbocycles. The Morgan fingerprint density at radius 3 is 2.50 bits per heavy atom. The van der Waals surface area contributed by atoms with Crippen molar-refractivity contribution in [3.63, 3.8) is 0 Å². The Balaban J connectivity index is 1.97. The molecule has 0 heterocycles. The van der Waals surface area contributed by atoms with E-state index in [1.807, 2.05) is 0 Å². The fourth-order valence-electron chi connectivity index (χ4n) is 2.53. The zero-order valence-electron chi connectivity index (χ0n) is 10.3. The van der Waals surface area contributed by atoms with Crippen LogP contribution in [0, 0.1) is 11.7 Å². The topological polar surface area (TPSA) is 12.0 Å². The van der Waals surface area contributed by atoms with Crippen LogP contribution in [0.25, 0.3) is 0 Å². The maximum atomic E-state index is 13.1. The van der Waals surface area contributed by atoms with Gasteiger partial charge in [-0.2, -0.15) is 0 Å². The molecule has 0 bridgehead atoms. The van der Waals surface area contributed by atoms with Gasteiger partial charge in [0, 0.05) is 11.0 Å². The van der Waals surface area contributed by atoms with Gasteiger partial charge in [-0.3, -0.25) is 0 Å². The Hall–Kier alpha value is -0.280. The summed E-state index contributed by atoms with van der Waals surface area (Å²) in [7, 11) is 0. The second kappa shape index (κ2) is 6.76. The van der Waals surface area contributed by atoms with E-state index in [2.05, 4.69) is 21.2 Å². The number of rotatable bonds is 3. The molecule has 0 spiro atoms. The molecule has 1 aromatic rings. The van der Waals surface area contributed by atoms with Crippen LogP contribution >= 0.6 is 27.5 Å². The molecule has 4 heteroatoms. The van der Waals surface area contributed by atoms with Gasteiger partial charge in [-0.25, -0.2) is 4.39 Å². The lowest BCUT2D eigenvalue weighted by atomic mass is 10.0. The maximum absolute atomic E-state index is 13.1. The first kappa shape index (κ1) is 14.1. The minimum Gasteiger partial charge on any atom is -0.383 e. The van der Waals surface area contributed by atoms with Crippen LogP contribution in [0.2, 0.25) is 5.02 Å². The Labute approximate surface area is 121 Å². The Bertz CT molecular complexity index is 380.